The van der Waals surface area contributed by atoms with Crippen molar-refractivity contribution in [2.75, 3.05) is 6.54 Å². The highest BCUT2D eigenvalue weighted by Crippen LogP contribution is 2.22. The molecule has 1 heterocycles. The largest absolute Gasteiger partial charge is 0.444 e. The van der Waals surface area contributed by atoms with E-state index in [1.54, 1.807) is 6.26 Å². The summed E-state index contributed by atoms with van der Waals surface area (Å²) in [6.07, 6.45) is 2.19. The molecule has 0 aliphatic heterocycles. The van der Waals surface area contributed by atoms with Gasteiger partial charge in [-0.1, -0.05) is 31.5 Å². The smallest absolute Gasteiger partial charge is 0.226 e. The van der Waals surface area contributed by atoms with E-state index in [1.807, 2.05) is 19.1 Å². The Labute approximate surface area is 132 Å². The van der Waals surface area contributed by atoms with Gasteiger partial charge in [0.25, 0.3) is 0 Å². The molecule has 0 amide bonds. The number of oxazole rings is 1. The molecule has 22 heavy (non-hydrogen) atoms. The number of aliphatic hydroxyl groups excluding tert-OH is 1. The molecule has 4 nitrogen and oxygen atoms in total. The Bertz CT molecular complexity index is 585. The quantitative estimate of drug-likeness (QED) is 0.821. The molecule has 120 valence electrons. The number of rotatable bonds is 7. The van der Waals surface area contributed by atoms with E-state index in [2.05, 4.69) is 43.2 Å². The summed E-state index contributed by atoms with van der Waals surface area (Å²) in [6, 6.07) is 8.14. The molecule has 4 heteroatoms. The van der Waals surface area contributed by atoms with Crippen molar-refractivity contribution in [3.63, 3.8) is 0 Å². The first-order chi connectivity index (χ1) is 10.4. The highest BCUT2D eigenvalue weighted by Gasteiger charge is 2.19. The molecule has 0 saturated heterocycles. The van der Waals surface area contributed by atoms with Crippen LogP contribution in [0.3, 0.4) is 0 Å². The summed E-state index contributed by atoms with van der Waals surface area (Å²) in [5, 5.41) is 12.9. The molecule has 1 aromatic carbocycles. The second-order valence-corrected chi connectivity index (χ2v) is 6.83. The number of nitrogens with one attached hydrogen (secondary N) is 1. The van der Waals surface area contributed by atoms with Gasteiger partial charge in [-0.05, 0) is 37.8 Å². The van der Waals surface area contributed by atoms with Crippen molar-refractivity contribution in [2.24, 2.45) is 5.41 Å². The van der Waals surface area contributed by atoms with Gasteiger partial charge in [-0.3, -0.25) is 0 Å². The summed E-state index contributed by atoms with van der Waals surface area (Å²) in [5.41, 5.74) is 3.16. The van der Waals surface area contributed by atoms with Crippen LogP contribution >= 0.6 is 0 Å². The number of aliphatic hydroxyl groups is 1. The van der Waals surface area contributed by atoms with E-state index in [1.165, 1.54) is 5.56 Å². The maximum Gasteiger partial charge on any atom is 0.226 e. The summed E-state index contributed by atoms with van der Waals surface area (Å²) < 4.78 is 5.55. The minimum absolute atomic E-state index is 0.0533. The average Bonchev–Trinajstić information content (AvgIpc) is 2.86. The fraction of sp³-hybridized carbons (Fsp3) is 0.500. The summed E-state index contributed by atoms with van der Waals surface area (Å²) in [4.78, 5) is 4.51. The Kier molecular flexibility index (Phi) is 5.37. The van der Waals surface area contributed by atoms with Gasteiger partial charge < -0.3 is 14.8 Å². The van der Waals surface area contributed by atoms with Crippen LogP contribution in [0.4, 0.5) is 0 Å². The molecule has 1 atom stereocenters. The fourth-order valence-corrected chi connectivity index (χ4v) is 2.62. The van der Waals surface area contributed by atoms with Crippen molar-refractivity contribution in [1.82, 2.24) is 10.3 Å². The van der Waals surface area contributed by atoms with Gasteiger partial charge in [-0.25, -0.2) is 4.98 Å². The highest BCUT2D eigenvalue weighted by atomic mass is 16.3. The van der Waals surface area contributed by atoms with Crippen LogP contribution in [0.15, 0.2) is 34.9 Å². The third-order valence-corrected chi connectivity index (χ3v) is 3.61. The zero-order chi connectivity index (χ0) is 16.2. The molecule has 0 bridgehead atoms. The number of aromatic nitrogens is 1. The molecule has 2 rings (SSSR count). The molecular formula is C18H26N2O2. The van der Waals surface area contributed by atoms with Gasteiger partial charge in [-0.2, -0.15) is 0 Å². The molecular weight excluding hydrogens is 276 g/mol. The minimum Gasteiger partial charge on any atom is -0.444 e. The van der Waals surface area contributed by atoms with E-state index >= 15 is 0 Å². The third-order valence-electron chi connectivity index (χ3n) is 3.61. The Morgan fingerprint density at radius 3 is 2.59 bits per heavy atom. The first kappa shape index (κ1) is 16.7. The first-order valence-corrected chi connectivity index (χ1v) is 7.76. The predicted molar refractivity (Wildman–Crippen MR) is 88.5 cm³/mol. The van der Waals surface area contributed by atoms with E-state index < -0.39 is 0 Å². The molecule has 1 unspecified atom stereocenters. The van der Waals surface area contributed by atoms with Gasteiger partial charge in [0.15, 0.2) is 0 Å². The van der Waals surface area contributed by atoms with E-state index in [-0.39, 0.29) is 11.5 Å². The average molecular weight is 302 g/mol. The van der Waals surface area contributed by atoms with Crippen LogP contribution in [-0.4, -0.2) is 22.7 Å². The fourth-order valence-electron chi connectivity index (χ4n) is 2.62. The molecule has 2 N–H and O–H groups in total. The number of hydrogen-bond acceptors (Lipinski definition) is 4. The van der Waals surface area contributed by atoms with Crippen LogP contribution in [0.2, 0.25) is 0 Å². The number of nitrogens with zero attached hydrogens (tertiary/aromatic N) is 1. The molecule has 0 spiro atoms. The maximum atomic E-state index is 9.50. The number of benzene rings is 1. The van der Waals surface area contributed by atoms with Gasteiger partial charge >= 0.3 is 0 Å². The minimum atomic E-state index is -0.281. The van der Waals surface area contributed by atoms with Crippen molar-refractivity contribution < 1.29 is 9.52 Å². The molecule has 0 saturated carbocycles. The van der Waals surface area contributed by atoms with Gasteiger partial charge in [-0.15, -0.1) is 0 Å². The second-order valence-electron chi connectivity index (χ2n) is 6.83. The van der Waals surface area contributed by atoms with Crippen LogP contribution in [0.1, 0.15) is 38.4 Å². The summed E-state index contributed by atoms with van der Waals surface area (Å²) in [7, 11) is 0. The third kappa shape index (κ3) is 4.97. The maximum absolute atomic E-state index is 9.50. The zero-order valence-corrected chi connectivity index (χ0v) is 13.9. The Hall–Kier alpha value is -1.65. The van der Waals surface area contributed by atoms with Crippen LogP contribution in [0.5, 0.6) is 0 Å². The topological polar surface area (TPSA) is 58.3 Å². The van der Waals surface area contributed by atoms with Crippen molar-refractivity contribution in [2.45, 2.75) is 46.8 Å². The highest BCUT2D eigenvalue weighted by molar-refractivity contribution is 5.53. The van der Waals surface area contributed by atoms with Crippen LogP contribution in [0, 0.1) is 12.3 Å². The lowest BCUT2D eigenvalue weighted by atomic mass is 9.87. The van der Waals surface area contributed by atoms with Gasteiger partial charge in [0.05, 0.1) is 11.8 Å². The van der Waals surface area contributed by atoms with Crippen molar-refractivity contribution in [1.29, 1.82) is 0 Å². The van der Waals surface area contributed by atoms with Gasteiger partial charge in [0.1, 0.15) is 6.26 Å². The van der Waals surface area contributed by atoms with Crippen molar-refractivity contribution in [3.05, 3.63) is 41.8 Å². The Morgan fingerprint density at radius 2 is 1.95 bits per heavy atom. The van der Waals surface area contributed by atoms with E-state index in [4.69, 9.17) is 4.42 Å². The van der Waals surface area contributed by atoms with E-state index in [0.717, 1.165) is 24.2 Å². The van der Waals surface area contributed by atoms with E-state index in [9.17, 15) is 5.11 Å². The molecule has 2 aromatic rings. The number of aryl methyl sites for hydroxylation is 1. The predicted octanol–water partition coefficient (Wildman–Crippen LogP) is 3.54. The molecule has 0 radical (unpaired) electrons. The van der Waals surface area contributed by atoms with Crippen LogP contribution < -0.4 is 5.32 Å². The summed E-state index contributed by atoms with van der Waals surface area (Å²) >= 11 is 0. The Balaban J connectivity index is 1.89. The second kappa shape index (κ2) is 7.07. The first-order valence-electron chi connectivity index (χ1n) is 7.76. The van der Waals surface area contributed by atoms with Gasteiger partial charge in [0, 0.05) is 18.7 Å². The van der Waals surface area contributed by atoms with Crippen LogP contribution in [0.25, 0.3) is 11.5 Å². The van der Waals surface area contributed by atoms with Crippen LogP contribution in [-0.2, 0) is 6.54 Å². The standard InChI is InChI=1S/C18H26N2O2/c1-13-5-7-15(8-6-13)17-20-16(11-22-17)10-19-12-18(3,4)9-14(2)21/h5-8,11,14,19,21H,9-10,12H2,1-4H3. The lowest BCUT2D eigenvalue weighted by Gasteiger charge is -2.26. The zero-order valence-electron chi connectivity index (χ0n) is 13.9. The summed E-state index contributed by atoms with van der Waals surface area (Å²) in [6.45, 7) is 9.67. The molecule has 0 fully saturated rings. The lowest BCUT2D eigenvalue weighted by Crippen LogP contribution is -2.31. The van der Waals surface area contributed by atoms with Crippen molar-refractivity contribution >= 4 is 0 Å². The normalized spacial score (nSPS) is 13.3. The molecule has 0 aliphatic carbocycles. The monoisotopic (exact) mass is 302 g/mol. The molecule has 0 aliphatic rings. The van der Waals surface area contributed by atoms with Gasteiger partial charge in [0.2, 0.25) is 5.89 Å². The molecule has 1 aromatic heterocycles. The lowest BCUT2D eigenvalue weighted by molar-refractivity contribution is 0.128. The Morgan fingerprint density at radius 1 is 1.27 bits per heavy atom. The van der Waals surface area contributed by atoms with E-state index in [0.29, 0.717) is 12.4 Å². The number of hydrogen-bond donors (Lipinski definition) is 2. The van der Waals surface area contributed by atoms with Crippen molar-refractivity contribution in [3.8, 4) is 11.5 Å². The summed E-state index contributed by atoms with van der Waals surface area (Å²) in [5.74, 6) is 0.653. The SMILES string of the molecule is Cc1ccc(-c2nc(CNCC(C)(C)CC(C)O)co2)cc1.